The molecule has 0 bridgehead atoms. The Kier molecular flexibility index (Phi) is 13.2. The fourth-order valence-corrected chi connectivity index (χ4v) is 6.90. The van der Waals surface area contributed by atoms with Crippen LogP contribution in [0, 0.1) is 11.8 Å². The normalized spacial score (nSPS) is 15.8. The standard InChI is InChI=1S/C42H49N3O5/c1-3-5-7-18-33(22-30-15-8-6-9-16-30)42(49)50-29-36(23-35-26-43-39-21-13-12-20-38(35)39)44-41(48)32(14-4-2)25-40(47)45-27-34-19-11-10-17-31(34)24-37(45)28-46/h3-4,6,8-13,15-17,19-21,26,32-33,36-37,43,46H,1-2,5,7,14,18,22-25,27-29H2,(H,44,48). The highest BCUT2D eigenvalue weighted by atomic mass is 16.5. The summed E-state index contributed by atoms with van der Waals surface area (Å²) in [6.07, 6.45) is 9.55. The van der Waals surface area contributed by atoms with Gasteiger partial charge in [0.05, 0.1) is 30.5 Å². The van der Waals surface area contributed by atoms with Crippen molar-refractivity contribution in [3.05, 3.63) is 133 Å². The van der Waals surface area contributed by atoms with Crippen LogP contribution in [-0.4, -0.2) is 58.1 Å². The minimum Gasteiger partial charge on any atom is -0.463 e. The van der Waals surface area contributed by atoms with Crippen molar-refractivity contribution < 1.29 is 24.2 Å². The van der Waals surface area contributed by atoms with Crippen molar-refractivity contribution in [3.63, 3.8) is 0 Å². The van der Waals surface area contributed by atoms with Crippen LogP contribution in [0.25, 0.3) is 10.9 Å². The molecule has 8 nitrogen and oxygen atoms in total. The van der Waals surface area contributed by atoms with E-state index in [1.165, 1.54) is 0 Å². The zero-order valence-electron chi connectivity index (χ0n) is 28.8. The summed E-state index contributed by atoms with van der Waals surface area (Å²) in [7, 11) is 0. The first-order valence-electron chi connectivity index (χ1n) is 17.6. The number of H-pyrrole nitrogens is 1. The van der Waals surface area contributed by atoms with Gasteiger partial charge in [0.1, 0.15) is 6.61 Å². The molecule has 3 N–H and O–H groups in total. The number of ether oxygens (including phenoxy) is 1. The number of benzene rings is 3. The summed E-state index contributed by atoms with van der Waals surface area (Å²) in [6.45, 7) is 7.89. The Morgan fingerprint density at radius 2 is 1.68 bits per heavy atom. The van der Waals surface area contributed by atoms with Crippen molar-refractivity contribution in [2.75, 3.05) is 13.2 Å². The average molecular weight is 676 g/mol. The first-order chi connectivity index (χ1) is 24.4. The number of unbranched alkanes of at least 4 members (excludes halogenated alkanes) is 1. The third-order valence-corrected chi connectivity index (χ3v) is 9.66. The molecular weight excluding hydrogens is 626 g/mol. The van der Waals surface area contributed by atoms with Crippen LogP contribution in [0.1, 0.15) is 54.4 Å². The number of aliphatic hydroxyl groups is 1. The Morgan fingerprint density at radius 1 is 0.940 bits per heavy atom. The number of amides is 2. The monoisotopic (exact) mass is 675 g/mol. The van der Waals surface area contributed by atoms with Crippen molar-refractivity contribution in [2.45, 2.75) is 70.0 Å². The quantitative estimate of drug-likeness (QED) is 0.0635. The molecule has 0 radical (unpaired) electrons. The molecular formula is C42H49N3O5. The maximum absolute atomic E-state index is 14.0. The van der Waals surface area contributed by atoms with E-state index in [4.69, 9.17) is 4.74 Å². The number of para-hydroxylation sites is 1. The Hall–Kier alpha value is -4.95. The van der Waals surface area contributed by atoms with Crippen LogP contribution in [0.2, 0.25) is 0 Å². The number of aromatic amines is 1. The van der Waals surface area contributed by atoms with E-state index < -0.39 is 12.0 Å². The smallest absolute Gasteiger partial charge is 0.309 e. The Labute approximate surface area is 295 Å². The number of nitrogens with one attached hydrogen (secondary N) is 2. The van der Waals surface area contributed by atoms with Crippen LogP contribution >= 0.6 is 0 Å². The van der Waals surface area contributed by atoms with Gasteiger partial charge in [0.25, 0.3) is 0 Å². The minimum atomic E-state index is -0.678. The zero-order chi connectivity index (χ0) is 35.3. The number of hydrogen-bond acceptors (Lipinski definition) is 5. The maximum Gasteiger partial charge on any atom is 0.309 e. The molecule has 0 fully saturated rings. The number of rotatable bonds is 18. The average Bonchev–Trinajstić information content (AvgIpc) is 3.55. The van der Waals surface area contributed by atoms with Crippen LogP contribution in [0.5, 0.6) is 0 Å². The van der Waals surface area contributed by atoms with E-state index >= 15 is 0 Å². The topological polar surface area (TPSA) is 112 Å². The number of hydrogen-bond donors (Lipinski definition) is 3. The molecule has 4 aromatic rings. The van der Waals surface area contributed by atoms with Crippen LogP contribution in [0.4, 0.5) is 0 Å². The van der Waals surface area contributed by atoms with Crippen molar-refractivity contribution in [3.8, 4) is 0 Å². The van der Waals surface area contributed by atoms with E-state index in [-0.39, 0.29) is 49.4 Å². The van der Waals surface area contributed by atoms with Crippen molar-refractivity contribution in [2.24, 2.45) is 11.8 Å². The molecule has 0 saturated carbocycles. The summed E-state index contributed by atoms with van der Waals surface area (Å²) in [4.78, 5) is 46.3. The molecule has 1 aliphatic rings. The number of allylic oxidation sites excluding steroid dienone is 2. The van der Waals surface area contributed by atoms with E-state index in [1.807, 2.05) is 91.1 Å². The molecule has 50 heavy (non-hydrogen) atoms. The number of fused-ring (bicyclic) bond motifs is 2. The molecule has 3 aromatic carbocycles. The second kappa shape index (κ2) is 18.2. The van der Waals surface area contributed by atoms with E-state index in [1.54, 1.807) is 11.0 Å². The highest BCUT2D eigenvalue weighted by Gasteiger charge is 2.33. The lowest BCUT2D eigenvalue weighted by Crippen LogP contribution is -2.48. The number of esters is 1. The highest BCUT2D eigenvalue weighted by molar-refractivity contribution is 5.87. The van der Waals surface area contributed by atoms with Gasteiger partial charge < -0.3 is 25.0 Å². The third kappa shape index (κ3) is 9.60. The van der Waals surface area contributed by atoms with Gasteiger partial charge in [-0.15, -0.1) is 13.2 Å². The number of aromatic nitrogens is 1. The molecule has 5 rings (SSSR count). The molecule has 0 spiro atoms. The summed E-state index contributed by atoms with van der Waals surface area (Å²) < 4.78 is 6.00. The molecule has 0 aliphatic carbocycles. The predicted molar refractivity (Wildman–Crippen MR) is 197 cm³/mol. The molecule has 4 atom stereocenters. The van der Waals surface area contributed by atoms with Crippen LogP contribution in [-0.2, 0) is 44.9 Å². The van der Waals surface area contributed by atoms with Gasteiger partial charge in [-0.25, -0.2) is 0 Å². The molecule has 262 valence electrons. The molecule has 1 aromatic heterocycles. The molecule has 0 saturated heterocycles. The van der Waals surface area contributed by atoms with Gasteiger partial charge >= 0.3 is 5.97 Å². The van der Waals surface area contributed by atoms with Gasteiger partial charge in [0.2, 0.25) is 11.8 Å². The Morgan fingerprint density at radius 3 is 2.44 bits per heavy atom. The summed E-state index contributed by atoms with van der Waals surface area (Å²) in [5.41, 5.74) is 5.20. The lowest BCUT2D eigenvalue weighted by atomic mass is 9.92. The summed E-state index contributed by atoms with van der Waals surface area (Å²) in [6, 6.07) is 24.9. The van der Waals surface area contributed by atoms with Crippen LogP contribution in [0.3, 0.4) is 0 Å². The van der Waals surface area contributed by atoms with Gasteiger partial charge in [0, 0.05) is 30.1 Å². The van der Waals surface area contributed by atoms with Gasteiger partial charge in [0.15, 0.2) is 0 Å². The first-order valence-corrected chi connectivity index (χ1v) is 17.6. The van der Waals surface area contributed by atoms with Crippen molar-refractivity contribution in [1.82, 2.24) is 15.2 Å². The van der Waals surface area contributed by atoms with Gasteiger partial charge in [-0.1, -0.05) is 84.9 Å². The minimum absolute atomic E-state index is 0.0128. The fraction of sp³-hybridized carbons (Fsp3) is 0.357. The molecule has 2 heterocycles. The van der Waals surface area contributed by atoms with Gasteiger partial charge in [-0.05, 0) is 73.3 Å². The van der Waals surface area contributed by atoms with E-state index in [0.29, 0.717) is 38.6 Å². The summed E-state index contributed by atoms with van der Waals surface area (Å²) in [5.74, 6) is -1.80. The molecule has 2 amide bonds. The zero-order valence-corrected chi connectivity index (χ0v) is 28.8. The third-order valence-electron chi connectivity index (χ3n) is 9.66. The van der Waals surface area contributed by atoms with Crippen molar-refractivity contribution >= 4 is 28.7 Å². The second-order valence-electron chi connectivity index (χ2n) is 13.3. The highest BCUT2D eigenvalue weighted by Crippen LogP contribution is 2.26. The number of nitrogens with zero attached hydrogens (tertiary/aromatic N) is 1. The molecule has 8 heteroatoms. The van der Waals surface area contributed by atoms with E-state index in [0.717, 1.165) is 46.0 Å². The SMILES string of the molecule is C=CCCCC(Cc1ccccc1)C(=O)OCC(Cc1c[nH]c2ccccc12)NC(=O)C(CC=C)CC(=O)N1Cc2ccccc2CC1CO. The number of aliphatic hydroxyl groups excluding tert-OH is 1. The van der Waals surface area contributed by atoms with Crippen LogP contribution < -0.4 is 5.32 Å². The Bertz CT molecular complexity index is 1750. The molecule has 4 unspecified atom stereocenters. The predicted octanol–water partition coefficient (Wildman–Crippen LogP) is 6.48. The number of carbonyl (C=O) groups is 3. The largest absolute Gasteiger partial charge is 0.463 e. The summed E-state index contributed by atoms with van der Waals surface area (Å²) in [5, 5.41) is 14.3. The van der Waals surface area contributed by atoms with Gasteiger partial charge in [-0.2, -0.15) is 0 Å². The molecule has 1 aliphatic heterocycles. The lowest BCUT2D eigenvalue weighted by Gasteiger charge is -2.36. The summed E-state index contributed by atoms with van der Waals surface area (Å²) >= 11 is 0. The van der Waals surface area contributed by atoms with Gasteiger partial charge in [-0.3, -0.25) is 14.4 Å². The first kappa shape index (κ1) is 36.3. The fourth-order valence-electron chi connectivity index (χ4n) is 6.90. The second-order valence-corrected chi connectivity index (χ2v) is 13.3. The van der Waals surface area contributed by atoms with Crippen molar-refractivity contribution in [1.29, 1.82) is 0 Å². The maximum atomic E-state index is 14.0. The van der Waals surface area contributed by atoms with Crippen LogP contribution in [0.15, 0.2) is 110 Å². The Balaban J connectivity index is 1.31. The lowest BCUT2D eigenvalue weighted by molar-refractivity contribution is -0.150. The van der Waals surface area contributed by atoms with E-state index in [2.05, 4.69) is 23.5 Å². The van der Waals surface area contributed by atoms with E-state index in [9.17, 15) is 19.5 Å². The number of carbonyl (C=O) groups excluding carboxylic acids is 3.